The first kappa shape index (κ1) is 12.0. The van der Waals surface area contributed by atoms with Gasteiger partial charge in [0.1, 0.15) is 0 Å². The second kappa shape index (κ2) is 5.71. The van der Waals surface area contributed by atoms with Crippen LogP contribution in [0.4, 0.5) is 0 Å². The van der Waals surface area contributed by atoms with E-state index in [1.54, 1.807) is 13.2 Å². The van der Waals surface area contributed by atoms with Crippen LogP contribution in [0.25, 0.3) is 0 Å². The number of hydrogen-bond donors (Lipinski definition) is 1. The molecule has 0 aliphatic carbocycles. The molecule has 0 spiro atoms. The maximum atomic E-state index is 9.92. The van der Waals surface area contributed by atoms with Crippen molar-refractivity contribution in [2.75, 3.05) is 7.11 Å². The maximum absolute atomic E-state index is 9.92. The molecule has 0 aromatic carbocycles. The first-order valence-corrected chi connectivity index (χ1v) is 5.36. The Bertz CT molecular complexity index is 301. The van der Waals surface area contributed by atoms with E-state index in [9.17, 15) is 5.11 Å². The standard InChI is InChI=1S/C12H19NO2/c1-4-9(2)8-11(14)10-6-5-7-12(13-10)15-3/h5-7,9,11,14H,4,8H2,1-3H3. The minimum absolute atomic E-state index is 0.491. The van der Waals surface area contributed by atoms with Gasteiger partial charge in [-0.05, 0) is 18.4 Å². The zero-order valence-corrected chi connectivity index (χ0v) is 9.60. The quantitative estimate of drug-likeness (QED) is 0.810. The molecule has 1 heterocycles. The van der Waals surface area contributed by atoms with Gasteiger partial charge in [-0.3, -0.25) is 0 Å². The van der Waals surface area contributed by atoms with Gasteiger partial charge in [-0.1, -0.05) is 26.3 Å². The lowest BCUT2D eigenvalue weighted by atomic mass is 9.99. The minimum atomic E-state index is -0.491. The van der Waals surface area contributed by atoms with E-state index < -0.39 is 6.10 Å². The van der Waals surface area contributed by atoms with Crippen LogP contribution < -0.4 is 4.74 Å². The SMILES string of the molecule is CCC(C)CC(O)c1cccc(OC)n1. The Morgan fingerprint density at radius 1 is 1.47 bits per heavy atom. The highest BCUT2D eigenvalue weighted by molar-refractivity contribution is 5.17. The first-order valence-electron chi connectivity index (χ1n) is 5.36. The van der Waals surface area contributed by atoms with E-state index in [1.165, 1.54) is 0 Å². The van der Waals surface area contributed by atoms with Crippen molar-refractivity contribution in [3.05, 3.63) is 23.9 Å². The normalized spacial score (nSPS) is 14.7. The van der Waals surface area contributed by atoms with Crippen LogP contribution in [0.2, 0.25) is 0 Å². The highest BCUT2D eigenvalue weighted by Gasteiger charge is 2.12. The third-order valence-electron chi connectivity index (χ3n) is 2.62. The van der Waals surface area contributed by atoms with Gasteiger partial charge in [0.05, 0.1) is 18.9 Å². The van der Waals surface area contributed by atoms with Crippen molar-refractivity contribution in [1.29, 1.82) is 0 Å². The van der Waals surface area contributed by atoms with Crippen molar-refractivity contribution in [3.63, 3.8) is 0 Å². The van der Waals surface area contributed by atoms with Crippen LogP contribution in [0, 0.1) is 5.92 Å². The Balaban J connectivity index is 2.68. The number of aromatic nitrogens is 1. The molecular formula is C12H19NO2. The van der Waals surface area contributed by atoms with Crippen molar-refractivity contribution < 1.29 is 9.84 Å². The van der Waals surface area contributed by atoms with Gasteiger partial charge in [-0.2, -0.15) is 0 Å². The van der Waals surface area contributed by atoms with Crippen LogP contribution in [-0.4, -0.2) is 17.2 Å². The molecule has 0 saturated heterocycles. The predicted molar refractivity (Wildman–Crippen MR) is 59.8 cm³/mol. The minimum Gasteiger partial charge on any atom is -0.481 e. The zero-order chi connectivity index (χ0) is 11.3. The van der Waals surface area contributed by atoms with E-state index in [1.807, 2.05) is 12.1 Å². The van der Waals surface area contributed by atoms with Crippen LogP contribution in [0.5, 0.6) is 5.88 Å². The molecule has 3 heteroatoms. The average Bonchev–Trinajstić information content (AvgIpc) is 2.28. The molecule has 0 bridgehead atoms. The zero-order valence-electron chi connectivity index (χ0n) is 9.60. The van der Waals surface area contributed by atoms with E-state index in [0.717, 1.165) is 12.8 Å². The summed E-state index contributed by atoms with van der Waals surface area (Å²) < 4.78 is 5.01. The summed E-state index contributed by atoms with van der Waals surface area (Å²) in [5.41, 5.74) is 0.689. The van der Waals surface area contributed by atoms with Crippen molar-refractivity contribution in [3.8, 4) is 5.88 Å². The summed E-state index contributed by atoms with van der Waals surface area (Å²) in [5, 5.41) is 9.92. The fraction of sp³-hybridized carbons (Fsp3) is 0.583. The monoisotopic (exact) mass is 209 g/mol. The first-order chi connectivity index (χ1) is 7.17. The number of methoxy groups -OCH3 is 1. The predicted octanol–water partition coefficient (Wildman–Crippen LogP) is 2.56. The summed E-state index contributed by atoms with van der Waals surface area (Å²) in [7, 11) is 1.58. The van der Waals surface area contributed by atoms with Crippen LogP contribution in [0.3, 0.4) is 0 Å². The second-order valence-corrected chi connectivity index (χ2v) is 3.87. The Labute approximate surface area is 91.1 Å². The molecule has 2 atom stereocenters. The number of aliphatic hydroxyl groups is 1. The van der Waals surface area contributed by atoms with Crippen LogP contribution in [-0.2, 0) is 0 Å². The van der Waals surface area contributed by atoms with Crippen molar-refractivity contribution in [1.82, 2.24) is 4.98 Å². The van der Waals surface area contributed by atoms with Gasteiger partial charge in [0.2, 0.25) is 5.88 Å². The summed E-state index contributed by atoms with van der Waals surface area (Å²) in [6, 6.07) is 5.45. The smallest absolute Gasteiger partial charge is 0.213 e. The number of ether oxygens (including phenoxy) is 1. The van der Waals surface area contributed by atoms with Gasteiger partial charge in [0, 0.05) is 6.07 Å². The number of hydrogen-bond acceptors (Lipinski definition) is 3. The Morgan fingerprint density at radius 3 is 2.80 bits per heavy atom. The van der Waals surface area contributed by atoms with Crippen molar-refractivity contribution >= 4 is 0 Å². The molecule has 3 nitrogen and oxygen atoms in total. The highest BCUT2D eigenvalue weighted by atomic mass is 16.5. The van der Waals surface area contributed by atoms with Crippen LogP contribution in [0.1, 0.15) is 38.5 Å². The van der Waals surface area contributed by atoms with E-state index in [2.05, 4.69) is 18.8 Å². The molecule has 1 N–H and O–H groups in total. The van der Waals surface area contributed by atoms with Crippen LogP contribution in [0.15, 0.2) is 18.2 Å². The summed E-state index contributed by atoms with van der Waals surface area (Å²) >= 11 is 0. The summed E-state index contributed by atoms with van der Waals surface area (Å²) in [6.07, 6.45) is 1.33. The third-order valence-corrected chi connectivity index (χ3v) is 2.62. The lowest BCUT2D eigenvalue weighted by Crippen LogP contribution is -2.06. The number of aliphatic hydroxyl groups excluding tert-OH is 1. The van der Waals surface area contributed by atoms with E-state index in [4.69, 9.17) is 4.74 Å². The summed E-state index contributed by atoms with van der Waals surface area (Å²) in [6.45, 7) is 4.25. The third kappa shape index (κ3) is 3.51. The topological polar surface area (TPSA) is 42.4 Å². The highest BCUT2D eigenvalue weighted by Crippen LogP contribution is 2.22. The number of rotatable bonds is 5. The maximum Gasteiger partial charge on any atom is 0.213 e. The van der Waals surface area contributed by atoms with E-state index in [-0.39, 0.29) is 0 Å². The number of nitrogens with zero attached hydrogens (tertiary/aromatic N) is 1. The Morgan fingerprint density at radius 2 is 2.20 bits per heavy atom. The van der Waals surface area contributed by atoms with E-state index in [0.29, 0.717) is 17.5 Å². The molecule has 0 amide bonds. The molecule has 0 aliphatic heterocycles. The molecule has 0 radical (unpaired) electrons. The second-order valence-electron chi connectivity index (χ2n) is 3.87. The molecule has 2 unspecified atom stereocenters. The van der Waals surface area contributed by atoms with Gasteiger partial charge in [0.15, 0.2) is 0 Å². The van der Waals surface area contributed by atoms with Gasteiger partial charge in [0.25, 0.3) is 0 Å². The largest absolute Gasteiger partial charge is 0.481 e. The van der Waals surface area contributed by atoms with Crippen LogP contribution >= 0.6 is 0 Å². The molecule has 0 aliphatic rings. The van der Waals surface area contributed by atoms with Gasteiger partial charge in [-0.25, -0.2) is 4.98 Å². The Kier molecular flexibility index (Phi) is 4.56. The van der Waals surface area contributed by atoms with Gasteiger partial charge >= 0.3 is 0 Å². The summed E-state index contributed by atoms with van der Waals surface area (Å²) in [4.78, 5) is 4.21. The molecule has 1 aromatic rings. The van der Waals surface area contributed by atoms with Gasteiger partial charge < -0.3 is 9.84 Å². The fourth-order valence-electron chi connectivity index (χ4n) is 1.40. The average molecular weight is 209 g/mol. The van der Waals surface area contributed by atoms with Crippen molar-refractivity contribution in [2.45, 2.75) is 32.8 Å². The number of pyridine rings is 1. The molecule has 0 fully saturated rings. The van der Waals surface area contributed by atoms with E-state index >= 15 is 0 Å². The summed E-state index contributed by atoms with van der Waals surface area (Å²) in [5.74, 6) is 1.06. The van der Waals surface area contributed by atoms with Gasteiger partial charge in [-0.15, -0.1) is 0 Å². The fourth-order valence-corrected chi connectivity index (χ4v) is 1.40. The molecular weight excluding hydrogens is 190 g/mol. The molecule has 15 heavy (non-hydrogen) atoms. The molecule has 1 rings (SSSR count). The molecule has 0 saturated carbocycles. The molecule has 84 valence electrons. The lowest BCUT2D eigenvalue weighted by molar-refractivity contribution is 0.141. The lowest BCUT2D eigenvalue weighted by Gasteiger charge is -2.14. The Hall–Kier alpha value is -1.09. The van der Waals surface area contributed by atoms with Crippen molar-refractivity contribution in [2.24, 2.45) is 5.92 Å². The molecule has 1 aromatic heterocycles.